The Kier molecular flexibility index (Phi) is 5.33. The van der Waals surface area contributed by atoms with E-state index in [4.69, 9.17) is 4.74 Å². The molecule has 1 N–H and O–H groups in total. The lowest BCUT2D eigenvalue weighted by molar-refractivity contribution is -0.385. The predicted molar refractivity (Wildman–Crippen MR) is 112 cm³/mol. The molecule has 0 spiro atoms. The summed E-state index contributed by atoms with van der Waals surface area (Å²) in [7, 11) is 1.45. The summed E-state index contributed by atoms with van der Waals surface area (Å²) in [5.74, 6) is -1.19. The van der Waals surface area contributed by atoms with E-state index in [9.17, 15) is 19.7 Å². The first-order chi connectivity index (χ1) is 15.4. The number of ether oxygens (including phenoxy) is 1. The van der Waals surface area contributed by atoms with Gasteiger partial charge in [0.25, 0.3) is 5.91 Å². The van der Waals surface area contributed by atoms with Gasteiger partial charge in [0.05, 0.1) is 23.4 Å². The second-order valence-corrected chi connectivity index (χ2v) is 6.64. The molecule has 32 heavy (non-hydrogen) atoms. The quantitative estimate of drug-likeness (QED) is 0.276. The summed E-state index contributed by atoms with van der Waals surface area (Å²) in [6.07, 6.45) is 3.95. The molecule has 12 heteroatoms. The van der Waals surface area contributed by atoms with Crippen molar-refractivity contribution in [2.75, 3.05) is 11.9 Å². The van der Waals surface area contributed by atoms with Gasteiger partial charge in [0.2, 0.25) is 5.69 Å². The highest BCUT2D eigenvalue weighted by Gasteiger charge is 2.25. The molecule has 0 radical (unpaired) electrons. The minimum Gasteiger partial charge on any atom is -0.462 e. The second-order valence-electron chi connectivity index (χ2n) is 6.64. The zero-order valence-corrected chi connectivity index (χ0v) is 17.1. The number of benzene rings is 1. The number of anilines is 1. The van der Waals surface area contributed by atoms with E-state index in [0.29, 0.717) is 22.6 Å². The number of aryl methyl sites for hydroxylation is 1. The first-order valence-corrected chi connectivity index (χ1v) is 9.48. The number of nitro groups is 1. The number of hydrogen-bond donors (Lipinski definition) is 1. The number of esters is 1. The van der Waals surface area contributed by atoms with Crippen molar-refractivity contribution in [1.82, 2.24) is 24.4 Å². The maximum absolute atomic E-state index is 12.7. The van der Waals surface area contributed by atoms with E-state index in [2.05, 4.69) is 20.5 Å². The molecular formula is C20H17N7O5. The molecule has 0 saturated carbocycles. The van der Waals surface area contributed by atoms with Gasteiger partial charge in [-0.25, -0.2) is 14.3 Å². The molecule has 1 amide bonds. The molecule has 0 bridgehead atoms. The van der Waals surface area contributed by atoms with E-state index >= 15 is 0 Å². The van der Waals surface area contributed by atoms with Crippen molar-refractivity contribution in [3.05, 3.63) is 70.3 Å². The largest absolute Gasteiger partial charge is 0.462 e. The standard InChI is InChI=1S/C20H17N7O5/c1-3-32-20(29)14-10-23-26-15(7-8-21-18(14)26)12-5-4-6-13(9-12)24-19(28)17-16(27(30)31)11-22-25(17)2/h4-11H,3H2,1-2H3,(H,24,28). The first kappa shape index (κ1) is 20.7. The Bertz CT molecular complexity index is 1360. The highest BCUT2D eigenvalue weighted by atomic mass is 16.6. The van der Waals surface area contributed by atoms with Gasteiger partial charge in [0.1, 0.15) is 11.8 Å². The predicted octanol–water partition coefficient (Wildman–Crippen LogP) is 2.47. The molecule has 0 saturated heterocycles. The Morgan fingerprint density at radius 2 is 2.03 bits per heavy atom. The lowest BCUT2D eigenvalue weighted by Crippen LogP contribution is -2.17. The fourth-order valence-corrected chi connectivity index (χ4v) is 3.23. The summed E-state index contributed by atoms with van der Waals surface area (Å²) in [4.78, 5) is 39.5. The molecule has 3 aromatic heterocycles. The molecule has 0 atom stereocenters. The van der Waals surface area contributed by atoms with Gasteiger partial charge in [-0.2, -0.15) is 10.2 Å². The Morgan fingerprint density at radius 3 is 2.78 bits per heavy atom. The van der Waals surface area contributed by atoms with Crippen LogP contribution in [0.3, 0.4) is 0 Å². The summed E-state index contributed by atoms with van der Waals surface area (Å²) < 4.78 is 7.68. The van der Waals surface area contributed by atoms with E-state index in [0.717, 1.165) is 10.9 Å². The number of nitrogens with zero attached hydrogens (tertiary/aromatic N) is 6. The molecule has 4 rings (SSSR count). The van der Waals surface area contributed by atoms with Crippen LogP contribution < -0.4 is 5.32 Å². The van der Waals surface area contributed by atoms with Crippen molar-refractivity contribution >= 4 is 28.9 Å². The van der Waals surface area contributed by atoms with Gasteiger partial charge < -0.3 is 10.1 Å². The summed E-state index contributed by atoms with van der Waals surface area (Å²) in [5, 5.41) is 21.9. The van der Waals surface area contributed by atoms with Crippen LogP contribution in [0.25, 0.3) is 16.9 Å². The third kappa shape index (κ3) is 3.64. The van der Waals surface area contributed by atoms with Crippen molar-refractivity contribution in [3.63, 3.8) is 0 Å². The van der Waals surface area contributed by atoms with Crippen LogP contribution in [0.4, 0.5) is 11.4 Å². The summed E-state index contributed by atoms with van der Waals surface area (Å²) in [6.45, 7) is 1.94. The molecule has 4 aromatic rings. The van der Waals surface area contributed by atoms with Crippen molar-refractivity contribution in [3.8, 4) is 11.3 Å². The monoisotopic (exact) mass is 435 g/mol. The van der Waals surface area contributed by atoms with E-state index < -0.39 is 16.8 Å². The van der Waals surface area contributed by atoms with Crippen molar-refractivity contribution in [2.24, 2.45) is 7.05 Å². The highest BCUT2D eigenvalue weighted by molar-refractivity contribution is 6.06. The minimum atomic E-state index is -0.669. The number of nitrogens with one attached hydrogen (secondary N) is 1. The Morgan fingerprint density at radius 1 is 1.22 bits per heavy atom. The minimum absolute atomic E-state index is 0.169. The summed E-state index contributed by atoms with van der Waals surface area (Å²) in [6, 6.07) is 8.55. The van der Waals surface area contributed by atoms with Crippen LogP contribution in [0.2, 0.25) is 0 Å². The van der Waals surface area contributed by atoms with E-state index in [1.54, 1.807) is 43.5 Å². The smallest absolute Gasteiger partial charge is 0.343 e. The van der Waals surface area contributed by atoms with Gasteiger partial charge in [0.15, 0.2) is 5.65 Å². The Labute approximate surface area is 180 Å². The molecule has 1 aromatic carbocycles. The maximum Gasteiger partial charge on any atom is 0.343 e. The SMILES string of the molecule is CCOC(=O)c1cnn2c(-c3cccc(NC(=O)c4c([N+](=O)[O-])cnn4C)c3)ccnc12. The van der Waals surface area contributed by atoms with Gasteiger partial charge in [-0.05, 0) is 25.1 Å². The van der Waals surface area contributed by atoms with Crippen LogP contribution in [0.1, 0.15) is 27.8 Å². The summed E-state index contributed by atoms with van der Waals surface area (Å²) in [5.41, 5.74) is 1.72. The highest BCUT2D eigenvalue weighted by Crippen LogP contribution is 2.25. The Hall–Kier alpha value is -4.61. The van der Waals surface area contributed by atoms with Crippen LogP contribution in [0.15, 0.2) is 48.9 Å². The zero-order valence-electron chi connectivity index (χ0n) is 17.1. The average Bonchev–Trinajstić information content (AvgIpc) is 3.37. The number of aromatic nitrogens is 5. The van der Waals surface area contributed by atoms with E-state index in [1.807, 2.05) is 0 Å². The fourth-order valence-electron chi connectivity index (χ4n) is 3.23. The second kappa shape index (κ2) is 8.26. The third-order valence-electron chi connectivity index (χ3n) is 4.64. The zero-order chi connectivity index (χ0) is 22.8. The number of fused-ring (bicyclic) bond motifs is 1. The third-order valence-corrected chi connectivity index (χ3v) is 4.64. The van der Waals surface area contributed by atoms with Crippen molar-refractivity contribution in [1.29, 1.82) is 0 Å². The number of carbonyl (C=O) groups is 2. The van der Waals surface area contributed by atoms with Crippen molar-refractivity contribution < 1.29 is 19.2 Å². The molecule has 0 unspecified atom stereocenters. The van der Waals surface area contributed by atoms with Gasteiger partial charge in [0, 0.05) is 24.5 Å². The first-order valence-electron chi connectivity index (χ1n) is 9.48. The van der Waals surface area contributed by atoms with E-state index in [-0.39, 0.29) is 23.6 Å². The molecule has 0 aliphatic heterocycles. The molecule has 3 heterocycles. The van der Waals surface area contributed by atoms with Gasteiger partial charge in [-0.3, -0.25) is 19.6 Å². The normalized spacial score (nSPS) is 10.8. The van der Waals surface area contributed by atoms with Crippen LogP contribution >= 0.6 is 0 Å². The fraction of sp³-hybridized carbons (Fsp3) is 0.150. The van der Waals surface area contributed by atoms with Crippen LogP contribution in [0.5, 0.6) is 0 Å². The molecular weight excluding hydrogens is 418 g/mol. The molecule has 12 nitrogen and oxygen atoms in total. The van der Waals surface area contributed by atoms with Crippen LogP contribution in [0, 0.1) is 10.1 Å². The van der Waals surface area contributed by atoms with Crippen molar-refractivity contribution in [2.45, 2.75) is 6.92 Å². The number of hydrogen-bond acceptors (Lipinski definition) is 8. The maximum atomic E-state index is 12.7. The van der Waals surface area contributed by atoms with Gasteiger partial charge >= 0.3 is 11.7 Å². The molecule has 0 fully saturated rings. The lowest BCUT2D eigenvalue weighted by Gasteiger charge is -2.09. The molecule has 162 valence electrons. The molecule has 0 aliphatic carbocycles. The molecule has 0 aliphatic rings. The van der Waals surface area contributed by atoms with Gasteiger partial charge in [-0.15, -0.1) is 0 Å². The van der Waals surface area contributed by atoms with Gasteiger partial charge in [-0.1, -0.05) is 12.1 Å². The lowest BCUT2D eigenvalue weighted by atomic mass is 10.1. The topological polar surface area (TPSA) is 147 Å². The Balaban J connectivity index is 1.68. The average molecular weight is 435 g/mol. The van der Waals surface area contributed by atoms with Crippen LogP contribution in [-0.4, -0.2) is 47.8 Å². The number of carbonyl (C=O) groups excluding carboxylic acids is 2. The van der Waals surface area contributed by atoms with E-state index in [1.165, 1.54) is 17.8 Å². The number of rotatable bonds is 6. The summed E-state index contributed by atoms with van der Waals surface area (Å²) >= 11 is 0. The number of amides is 1. The van der Waals surface area contributed by atoms with Crippen LogP contribution in [-0.2, 0) is 11.8 Å².